The zero-order valence-corrected chi connectivity index (χ0v) is 20.1. The lowest BCUT2D eigenvalue weighted by Gasteiger charge is -2.28. The summed E-state index contributed by atoms with van der Waals surface area (Å²) in [6, 6.07) is 3.71. The maximum atomic E-state index is 12.9. The lowest BCUT2D eigenvalue weighted by Crippen LogP contribution is -2.47. The van der Waals surface area contributed by atoms with E-state index in [0.29, 0.717) is 53.4 Å². The van der Waals surface area contributed by atoms with Crippen LogP contribution in [0.15, 0.2) is 27.6 Å². The topological polar surface area (TPSA) is 112 Å². The number of aryl methyl sites for hydroxylation is 1. The summed E-state index contributed by atoms with van der Waals surface area (Å²) < 4.78 is 11.6. The second-order valence-corrected chi connectivity index (χ2v) is 9.33. The van der Waals surface area contributed by atoms with Gasteiger partial charge in [0.05, 0.1) is 24.9 Å². The minimum atomic E-state index is -0.602. The maximum absolute atomic E-state index is 12.9. The highest BCUT2D eigenvalue weighted by Gasteiger charge is 2.33. The first-order valence-electron chi connectivity index (χ1n) is 11.4. The Hall–Kier alpha value is -3.02. The number of guanidine groups is 1. The number of amides is 1. The number of methoxy groups -OCH3 is 1. The van der Waals surface area contributed by atoms with Gasteiger partial charge in [0.25, 0.3) is 5.91 Å². The van der Waals surface area contributed by atoms with Crippen LogP contribution in [0.4, 0.5) is 5.69 Å². The summed E-state index contributed by atoms with van der Waals surface area (Å²) in [6.45, 7) is 5.80. The van der Waals surface area contributed by atoms with Gasteiger partial charge >= 0.3 is 0 Å². The monoisotopic (exact) mass is 484 g/mol. The lowest BCUT2D eigenvalue weighted by atomic mass is 10.1. The number of nitrogens with one attached hydrogen (secondary N) is 1. The summed E-state index contributed by atoms with van der Waals surface area (Å²) >= 11 is 1.29. The molecule has 3 aliphatic rings. The van der Waals surface area contributed by atoms with E-state index in [0.717, 1.165) is 24.5 Å². The summed E-state index contributed by atoms with van der Waals surface area (Å²) in [4.78, 5) is 31.1. The van der Waals surface area contributed by atoms with Crippen molar-refractivity contribution in [3.63, 3.8) is 0 Å². The zero-order valence-electron chi connectivity index (χ0n) is 19.3. The van der Waals surface area contributed by atoms with Crippen LogP contribution >= 0.6 is 11.3 Å². The Balaban J connectivity index is 1.40. The molecule has 0 saturated carbocycles. The maximum Gasteiger partial charge on any atom is 0.269 e. The molecule has 3 aliphatic heterocycles. The van der Waals surface area contributed by atoms with Crippen molar-refractivity contribution < 1.29 is 19.4 Å². The highest BCUT2D eigenvalue weighted by atomic mass is 32.1. The van der Waals surface area contributed by atoms with Crippen LogP contribution in [-0.4, -0.2) is 90.1 Å². The molecular formula is C23H28N6O4S. The number of aliphatic imine (C=N–C) groups is 2. The minimum absolute atomic E-state index is 0.149. The molecule has 5 rings (SSSR count). The van der Waals surface area contributed by atoms with Crippen molar-refractivity contribution in [1.29, 1.82) is 0 Å². The molecule has 1 fully saturated rings. The summed E-state index contributed by atoms with van der Waals surface area (Å²) in [5.41, 5.74) is 3.68. The number of aliphatic hydroxyl groups is 1. The van der Waals surface area contributed by atoms with E-state index >= 15 is 0 Å². The molecule has 1 atom stereocenters. The molecule has 0 unspecified atom stereocenters. The van der Waals surface area contributed by atoms with Crippen molar-refractivity contribution in [2.75, 3.05) is 46.4 Å². The third-order valence-corrected chi connectivity index (χ3v) is 7.06. The molecule has 0 radical (unpaired) electrons. The fourth-order valence-electron chi connectivity index (χ4n) is 4.48. The highest BCUT2D eigenvalue weighted by Crippen LogP contribution is 2.43. The van der Waals surface area contributed by atoms with E-state index in [1.54, 1.807) is 19.5 Å². The fraction of sp³-hybridized carbons (Fsp3) is 0.478. The van der Waals surface area contributed by atoms with Gasteiger partial charge in [0.1, 0.15) is 29.1 Å². The van der Waals surface area contributed by atoms with E-state index in [2.05, 4.69) is 20.2 Å². The van der Waals surface area contributed by atoms with Crippen molar-refractivity contribution in [1.82, 2.24) is 20.1 Å². The quantitative estimate of drug-likeness (QED) is 0.616. The van der Waals surface area contributed by atoms with Crippen LogP contribution in [0.25, 0.3) is 0 Å². The number of thiazole rings is 1. The second kappa shape index (κ2) is 9.69. The molecule has 2 N–H and O–H groups in total. The van der Waals surface area contributed by atoms with Crippen molar-refractivity contribution >= 4 is 34.7 Å². The molecule has 34 heavy (non-hydrogen) atoms. The summed E-state index contributed by atoms with van der Waals surface area (Å²) in [7, 11) is 1.56. The molecule has 1 aromatic heterocycles. The number of β-amino-alcohol motifs (C(OH)–C–C–N with tert-alkyl or cyclic N) is 1. The van der Waals surface area contributed by atoms with Crippen LogP contribution in [0.1, 0.15) is 33.8 Å². The number of ether oxygens (including phenoxy) is 2. The fourth-order valence-corrected chi connectivity index (χ4v) is 5.18. The standard InChI is InChI=1S/C23H28N6O4S/c1-14-20(34-13-25-14)22(31)27-23-26-18-16(21-24-7-10-29(21)23)5-6-17(19(18)32-2)33-12-15(30)11-28-8-3-4-9-28/h5-6,13,15,30H,3-4,7-12H2,1-2H3,(H,26,27,31)/t15-/m0/s1. The van der Waals surface area contributed by atoms with Crippen LogP contribution < -0.4 is 14.8 Å². The van der Waals surface area contributed by atoms with E-state index < -0.39 is 6.10 Å². The van der Waals surface area contributed by atoms with Gasteiger partial charge in [-0.05, 0) is 45.0 Å². The number of amidine groups is 1. The van der Waals surface area contributed by atoms with Crippen molar-refractivity contribution in [3.05, 3.63) is 33.8 Å². The van der Waals surface area contributed by atoms with Gasteiger partial charge in [-0.2, -0.15) is 0 Å². The number of aromatic nitrogens is 1. The smallest absolute Gasteiger partial charge is 0.269 e. The first-order valence-corrected chi connectivity index (χ1v) is 12.3. The summed E-state index contributed by atoms with van der Waals surface area (Å²) in [5, 5.41) is 13.4. The molecule has 2 aromatic rings. The summed E-state index contributed by atoms with van der Waals surface area (Å²) in [5.74, 6) is 1.80. The number of carbonyl (C=O) groups is 1. The first kappa shape index (κ1) is 22.8. The number of hydrogen-bond donors (Lipinski definition) is 2. The Morgan fingerprint density at radius 1 is 1.29 bits per heavy atom. The van der Waals surface area contributed by atoms with Crippen molar-refractivity contribution in [2.24, 2.45) is 9.98 Å². The molecule has 0 spiro atoms. The van der Waals surface area contributed by atoms with Crippen LogP contribution in [0.5, 0.6) is 11.5 Å². The zero-order chi connectivity index (χ0) is 23.7. The van der Waals surface area contributed by atoms with Crippen LogP contribution in [-0.2, 0) is 0 Å². The van der Waals surface area contributed by atoms with Gasteiger partial charge in [0.15, 0.2) is 11.5 Å². The first-order chi connectivity index (χ1) is 16.5. The molecule has 1 aromatic carbocycles. The van der Waals surface area contributed by atoms with Gasteiger partial charge in [-0.1, -0.05) is 0 Å². The van der Waals surface area contributed by atoms with Gasteiger partial charge in [0, 0.05) is 18.7 Å². The summed E-state index contributed by atoms with van der Waals surface area (Å²) in [6.07, 6.45) is 1.74. The van der Waals surface area contributed by atoms with Crippen molar-refractivity contribution in [2.45, 2.75) is 25.9 Å². The van der Waals surface area contributed by atoms with Gasteiger partial charge in [-0.3, -0.25) is 20.0 Å². The molecule has 0 aliphatic carbocycles. The molecule has 1 amide bonds. The SMILES string of the molecule is COc1c(OC[C@@H](O)CN2CCCC2)ccc2c1N=C(NC(=O)c1scnc1C)N1CCN=C21. The molecule has 0 bridgehead atoms. The Morgan fingerprint density at radius 2 is 2.12 bits per heavy atom. The number of aliphatic hydroxyl groups excluding tert-OH is 1. The van der Waals surface area contributed by atoms with Gasteiger partial charge in [0.2, 0.25) is 5.96 Å². The van der Waals surface area contributed by atoms with E-state index in [4.69, 9.17) is 14.5 Å². The Bertz CT molecular complexity index is 1140. The predicted molar refractivity (Wildman–Crippen MR) is 130 cm³/mol. The molecule has 1 saturated heterocycles. The Labute approximate surface area is 201 Å². The van der Waals surface area contributed by atoms with Crippen LogP contribution in [0.3, 0.4) is 0 Å². The normalized spacial score (nSPS) is 18.1. The largest absolute Gasteiger partial charge is 0.491 e. The van der Waals surface area contributed by atoms with E-state index in [1.807, 2.05) is 17.0 Å². The average molecular weight is 485 g/mol. The van der Waals surface area contributed by atoms with Crippen LogP contribution in [0.2, 0.25) is 0 Å². The van der Waals surface area contributed by atoms with Gasteiger partial charge in [-0.15, -0.1) is 11.3 Å². The van der Waals surface area contributed by atoms with Crippen LogP contribution in [0, 0.1) is 6.92 Å². The predicted octanol–water partition coefficient (Wildman–Crippen LogP) is 1.79. The molecule has 11 heteroatoms. The van der Waals surface area contributed by atoms with Crippen molar-refractivity contribution in [3.8, 4) is 11.5 Å². The van der Waals surface area contributed by atoms with Gasteiger partial charge in [-0.25, -0.2) is 9.98 Å². The number of rotatable bonds is 7. The number of likely N-dealkylation sites (tertiary alicyclic amines) is 1. The number of carbonyl (C=O) groups excluding carboxylic acids is 1. The molecular weight excluding hydrogens is 456 g/mol. The number of nitrogens with zero attached hydrogens (tertiary/aromatic N) is 5. The molecule has 180 valence electrons. The van der Waals surface area contributed by atoms with E-state index in [-0.39, 0.29) is 12.5 Å². The Kier molecular flexibility index (Phi) is 6.48. The molecule has 4 heterocycles. The molecule has 10 nitrogen and oxygen atoms in total. The van der Waals surface area contributed by atoms with E-state index in [9.17, 15) is 9.90 Å². The second-order valence-electron chi connectivity index (χ2n) is 8.48. The third-order valence-electron chi connectivity index (χ3n) is 6.13. The average Bonchev–Trinajstić information content (AvgIpc) is 3.59. The highest BCUT2D eigenvalue weighted by molar-refractivity contribution is 7.11. The number of benzene rings is 1. The minimum Gasteiger partial charge on any atom is -0.491 e. The third kappa shape index (κ3) is 4.38. The van der Waals surface area contributed by atoms with E-state index in [1.165, 1.54) is 24.2 Å². The Morgan fingerprint density at radius 3 is 2.85 bits per heavy atom. The lowest BCUT2D eigenvalue weighted by molar-refractivity contribution is 0.0747. The number of fused-ring (bicyclic) bond motifs is 3. The number of hydrogen-bond acceptors (Lipinski definition) is 10. The van der Waals surface area contributed by atoms with Gasteiger partial charge < -0.3 is 19.5 Å².